The van der Waals surface area contributed by atoms with E-state index in [1.807, 2.05) is 13.0 Å². The maximum atomic E-state index is 10.3. The van der Waals surface area contributed by atoms with Crippen LogP contribution in [0.1, 0.15) is 65.5 Å². The van der Waals surface area contributed by atoms with Crippen LogP contribution in [0.15, 0.2) is 30.3 Å². The van der Waals surface area contributed by atoms with E-state index in [0.717, 1.165) is 19.3 Å². The van der Waals surface area contributed by atoms with E-state index in [9.17, 15) is 5.11 Å². The molecule has 2 heteroatoms. The maximum Gasteiger partial charge on any atom is 0.0743 e. The minimum atomic E-state index is -0.625. The number of aliphatic hydroxyl groups is 1. The molecular weight excluding hydrogens is 246 g/mol. The molecule has 0 aromatic heterocycles. The summed E-state index contributed by atoms with van der Waals surface area (Å²) >= 11 is 0. The van der Waals surface area contributed by atoms with Gasteiger partial charge < -0.3 is 10.4 Å². The van der Waals surface area contributed by atoms with Crippen LogP contribution in [0.3, 0.4) is 0 Å². The van der Waals surface area contributed by atoms with Crippen molar-refractivity contribution in [3.05, 3.63) is 35.9 Å². The number of benzene rings is 1. The van der Waals surface area contributed by atoms with Crippen LogP contribution in [0.5, 0.6) is 0 Å². The fourth-order valence-corrected chi connectivity index (χ4v) is 2.58. The lowest BCUT2D eigenvalue weighted by Crippen LogP contribution is -2.40. The highest BCUT2D eigenvalue weighted by atomic mass is 16.3. The second-order valence-electron chi connectivity index (χ2n) is 7.36. The first-order chi connectivity index (χ1) is 9.23. The standard InChI is InChI=1S/C18H31NO/c1-6-12-18(5,20)14-19-16(13-17(2,3)4)15-10-8-7-9-11-15/h7-11,16,19-20H,6,12-14H2,1-5H3. The molecule has 2 atom stereocenters. The Balaban J connectivity index is 2.74. The Labute approximate surface area is 124 Å². The van der Waals surface area contributed by atoms with Gasteiger partial charge in [-0.1, -0.05) is 64.4 Å². The summed E-state index contributed by atoms with van der Waals surface area (Å²) < 4.78 is 0. The van der Waals surface area contributed by atoms with E-state index in [1.165, 1.54) is 5.56 Å². The summed E-state index contributed by atoms with van der Waals surface area (Å²) in [7, 11) is 0. The first-order valence-electron chi connectivity index (χ1n) is 7.74. The van der Waals surface area contributed by atoms with Crippen molar-refractivity contribution in [1.29, 1.82) is 0 Å². The molecule has 0 amide bonds. The Hall–Kier alpha value is -0.860. The molecule has 114 valence electrons. The molecule has 2 unspecified atom stereocenters. The lowest BCUT2D eigenvalue weighted by molar-refractivity contribution is 0.0454. The summed E-state index contributed by atoms with van der Waals surface area (Å²) in [5.74, 6) is 0. The average molecular weight is 277 g/mol. The van der Waals surface area contributed by atoms with Gasteiger partial charge in [-0.2, -0.15) is 0 Å². The molecule has 0 saturated heterocycles. The molecule has 0 aliphatic carbocycles. The van der Waals surface area contributed by atoms with E-state index in [1.54, 1.807) is 0 Å². The predicted molar refractivity (Wildman–Crippen MR) is 86.8 cm³/mol. The van der Waals surface area contributed by atoms with Crippen LogP contribution in [0.25, 0.3) is 0 Å². The van der Waals surface area contributed by atoms with Gasteiger partial charge in [-0.05, 0) is 30.7 Å². The Morgan fingerprint density at radius 1 is 1.10 bits per heavy atom. The van der Waals surface area contributed by atoms with Crippen LogP contribution in [0.2, 0.25) is 0 Å². The van der Waals surface area contributed by atoms with Gasteiger partial charge in [0.2, 0.25) is 0 Å². The number of hydrogen-bond donors (Lipinski definition) is 2. The van der Waals surface area contributed by atoms with Crippen molar-refractivity contribution in [2.24, 2.45) is 5.41 Å². The summed E-state index contributed by atoms with van der Waals surface area (Å²) in [6, 6.07) is 10.8. The van der Waals surface area contributed by atoms with Crippen molar-refractivity contribution in [3.63, 3.8) is 0 Å². The van der Waals surface area contributed by atoms with Gasteiger partial charge in [0.25, 0.3) is 0 Å². The van der Waals surface area contributed by atoms with E-state index in [4.69, 9.17) is 0 Å². The third kappa shape index (κ3) is 6.53. The molecule has 0 radical (unpaired) electrons. The first-order valence-corrected chi connectivity index (χ1v) is 7.74. The molecule has 1 aromatic rings. The number of nitrogens with one attached hydrogen (secondary N) is 1. The van der Waals surface area contributed by atoms with Crippen molar-refractivity contribution < 1.29 is 5.11 Å². The molecule has 0 heterocycles. The van der Waals surface area contributed by atoms with Crippen molar-refractivity contribution in [2.75, 3.05) is 6.54 Å². The molecule has 2 N–H and O–H groups in total. The van der Waals surface area contributed by atoms with Crippen LogP contribution >= 0.6 is 0 Å². The molecule has 20 heavy (non-hydrogen) atoms. The molecule has 2 nitrogen and oxygen atoms in total. The predicted octanol–water partition coefficient (Wildman–Crippen LogP) is 4.30. The Kier molecular flexibility index (Phi) is 6.22. The van der Waals surface area contributed by atoms with Gasteiger partial charge in [0.15, 0.2) is 0 Å². The summed E-state index contributed by atoms with van der Waals surface area (Å²) in [5.41, 5.74) is 0.929. The SMILES string of the molecule is CCCC(C)(O)CNC(CC(C)(C)C)c1ccccc1. The first kappa shape index (κ1) is 17.2. The topological polar surface area (TPSA) is 32.3 Å². The summed E-state index contributed by atoms with van der Waals surface area (Å²) in [6.07, 6.45) is 2.89. The summed E-state index contributed by atoms with van der Waals surface area (Å²) in [6.45, 7) is 11.4. The maximum absolute atomic E-state index is 10.3. The molecule has 1 aromatic carbocycles. The molecule has 0 saturated carbocycles. The van der Waals surface area contributed by atoms with E-state index in [-0.39, 0.29) is 5.41 Å². The van der Waals surface area contributed by atoms with Crippen LogP contribution in [0, 0.1) is 5.41 Å². The van der Waals surface area contributed by atoms with Crippen LogP contribution < -0.4 is 5.32 Å². The number of rotatable bonds is 7. The smallest absolute Gasteiger partial charge is 0.0743 e. The molecule has 0 bridgehead atoms. The van der Waals surface area contributed by atoms with Crippen LogP contribution in [0.4, 0.5) is 0 Å². The fraction of sp³-hybridized carbons (Fsp3) is 0.667. The largest absolute Gasteiger partial charge is 0.389 e. The zero-order valence-corrected chi connectivity index (χ0v) is 13.7. The van der Waals surface area contributed by atoms with Gasteiger partial charge in [-0.15, -0.1) is 0 Å². The lowest BCUT2D eigenvalue weighted by Gasteiger charge is -2.31. The Morgan fingerprint density at radius 3 is 2.20 bits per heavy atom. The Bertz CT molecular complexity index is 378. The zero-order valence-electron chi connectivity index (χ0n) is 13.7. The van der Waals surface area contributed by atoms with Crippen molar-refractivity contribution in [1.82, 2.24) is 5.32 Å². The van der Waals surface area contributed by atoms with Gasteiger partial charge in [0.05, 0.1) is 5.60 Å². The minimum Gasteiger partial charge on any atom is -0.389 e. The second-order valence-corrected chi connectivity index (χ2v) is 7.36. The normalized spacial score (nSPS) is 16.7. The van der Waals surface area contributed by atoms with Crippen LogP contribution in [-0.2, 0) is 0 Å². The molecule has 1 rings (SSSR count). The molecule has 0 spiro atoms. The monoisotopic (exact) mass is 277 g/mol. The molecule has 0 aliphatic rings. The van der Waals surface area contributed by atoms with Gasteiger partial charge in [-0.25, -0.2) is 0 Å². The summed E-state index contributed by atoms with van der Waals surface area (Å²) in [4.78, 5) is 0. The van der Waals surface area contributed by atoms with E-state index in [2.05, 4.69) is 57.3 Å². The van der Waals surface area contributed by atoms with Gasteiger partial charge >= 0.3 is 0 Å². The molecule has 0 fully saturated rings. The quantitative estimate of drug-likeness (QED) is 0.778. The lowest BCUT2D eigenvalue weighted by atomic mass is 9.85. The van der Waals surface area contributed by atoms with Gasteiger partial charge in [0.1, 0.15) is 0 Å². The third-order valence-corrected chi connectivity index (χ3v) is 3.54. The highest BCUT2D eigenvalue weighted by Gasteiger charge is 2.24. The average Bonchev–Trinajstić information content (AvgIpc) is 2.34. The minimum absolute atomic E-state index is 0.254. The highest BCUT2D eigenvalue weighted by molar-refractivity contribution is 5.19. The van der Waals surface area contributed by atoms with E-state index < -0.39 is 5.60 Å². The van der Waals surface area contributed by atoms with Crippen molar-refractivity contribution in [2.45, 2.75) is 65.5 Å². The third-order valence-electron chi connectivity index (χ3n) is 3.54. The number of hydrogen-bond acceptors (Lipinski definition) is 2. The van der Waals surface area contributed by atoms with E-state index in [0.29, 0.717) is 12.6 Å². The fourth-order valence-electron chi connectivity index (χ4n) is 2.58. The molecule has 0 aliphatic heterocycles. The van der Waals surface area contributed by atoms with Crippen molar-refractivity contribution in [3.8, 4) is 0 Å². The molecular formula is C18H31NO. The second kappa shape index (κ2) is 7.24. The van der Waals surface area contributed by atoms with Gasteiger partial charge in [0, 0.05) is 12.6 Å². The van der Waals surface area contributed by atoms with Crippen molar-refractivity contribution >= 4 is 0 Å². The van der Waals surface area contributed by atoms with Gasteiger partial charge in [-0.3, -0.25) is 0 Å². The van der Waals surface area contributed by atoms with E-state index >= 15 is 0 Å². The Morgan fingerprint density at radius 2 is 1.70 bits per heavy atom. The zero-order chi connectivity index (χ0) is 15.2. The summed E-state index contributed by atoms with van der Waals surface area (Å²) in [5, 5.41) is 13.9. The van der Waals surface area contributed by atoms with Crippen LogP contribution in [-0.4, -0.2) is 17.3 Å². The highest BCUT2D eigenvalue weighted by Crippen LogP contribution is 2.29.